The lowest BCUT2D eigenvalue weighted by atomic mass is 10.2. The molecular weight excluding hydrogens is 416 g/mol. The van der Waals surface area contributed by atoms with Gasteiger partial charge in [-0.2, -0.15) is 0 Å². The predicted octanol–water partition coefficient (Wildman–Crippen LogP) is 4.20. The first-order chi connectivity index (χ1) is 10.2. The minimum atomic E-state index is -0.473. The lowest BCUT2D eigenvalue weighted by Crippen LogP contribution is -2.43. The molecule has 1 aliphatic carbocycles. The van der Waals surface area contributed by atoms with Gasteiger partial charge in [0.25, 0.3) is 0 Å². The first kappa shape index (κ1) is 17.8. The molecule has 5 nitrogen and oxygen atoms in total. The van der Waals surface area contributed by atoms with Gasteiger partial charge in [-0.3, -0.25) is 0 Å². The number of alkyl carbamates (subject to hydrolysis) is 1. The van der Waals surface area contributed by atoms with Gasteiger partial charge < -0.3 is 19.8 Å². The maximum atomic E-state index is 11.7. The van der Waals surface area contributed by atoms with Crippen LogP contribution in [0.5, 0.6) is 0 Å². The summed E-state index contributed by atoms with van der Waals surface area (Å²) in [5, 5.41) is 6.29. The Morgan fingerprint density at radius 2 is 2.14 bits per heavy atom. The molecule has 0 bridgehead atoms. The smallest absolute Gasteiger partial charge is 0.407 e. The van der Waals surface area contributed by atoms with Crippen LogP contribution in [0.25, 0.3) is 0 Å². The van der Waals surface area contributed by atoms with Crippen molar-refractivity contribution in [3.8, 4) is 0 Å². The maximum Gasteiger partial charge on any atom is 0.407 e. The molecule has 1 unspecified atom stereocenters. The van der Waals surface area contributed by atoms with E-state index in [0.717, 1.165) is 10.2 Å². The molecule has 1 amide bonds. The number of hydrogen-bond donors (Lipinski definition) is 2. The Morgan fingerprint density at radius 1 is 1.45 bits per heavy atom. The summed E-state index contributed by atoms with van der Waals surface area (Å²) in [7, 11) is 0. The van der Waals surface area contributed by atoms with E-state index in [4.69, 9.17) is 9.15 Å². The predicted molar refractivity (Wildman–Crippen MR) is 91.7 cm³/mol. The second kappa shape index (κ2) is 7.36. The molecule has 22 heavy (non-hydrogen) atoms. The lowest BCUT2D eigenvalue weighted by Gasteiger charge is -2.22. The third-order valence-electron chi connectivity index (χ3n) is 3.29. The van der Waals surface area contributed by atoms with Crippen LogP contribution in [0.3, 0.4) is 0 Å². The van der Waals surface area contributed by atoms with Crippen molar-refractivity contribution in [2.24, 2.45) is 5.92 Å². The summed E-state index contributed by atoms with van der Waals surface area (Å²) in [6, 6.07) is 2.16. The first-order valence-electron chi connectivity index (χ1n) is 7.38. The van der Waals surface area contributed by atoms with Crippen LogP contribution in [-0.4, -0.2) is 24.3 Å². The Bertz CT molecular complexity index is 502. The number of carbonyl (C=O) groups excluding carboxylic acids is 1. The van der Waals surface area contributed by atoms with E-state index in [-0.39, 0.29) is 12.1 Å². The van der Waals surface area contributed by atoms with Crippen LogP contribution < -0.4 is 10.6 Å². The minimum absolute atomic E-state index is 0.232. The number of rotatable bonds is 6. The van der Waals surface area contributed by atoms with Crippen molar-refractivity contribution >= 4 is 38.0 Å². The van der Waals surface area contributed by atoms with Crippen LogP contribution in [-0.2, 0) is 11.3 Å². The second-order valence-corrected chi connectivity index (χ2v) is 8.12. The summed E-state index contributed by atoms with van der Waals surface area (Å²) in [5.74, 6) is 1.46. The van der Waals surface area contributed by atoms with E-state index >= 15 is 0 Å². The highest BCUT2D eigenvalue weighted by atomic mass is 79.9. The minimum Gasteiger partial charge on any atom is -0.452 e. The summed E-state index contributed by atoms with van der Waals surface area (Å²) in [4.78, 5) is 11.7. The van der Waals surface area contributed by atoms with Crippen LogP contribution in [0.15, 0.2) is 19.6 Å². The number of ether oxygens (including phenoxy) is 1. The van der Waals surface area contributed by atoms with Gasteiger partial charge in [0.1, 0.15) is 11.4 Å². The highest BCUT2D eigenvalue weighted by Crippen LogP contribution is 2.33. The van der Waals surface area contributed by atoms with Gasteiger partial charge >= 0.3 is 6.09 Å². The molecule has 0 aromatic carbocycles. The van der Waals surface area contributed by atoms with E-state index in [1.807, 2.05) is 26.8 Å². The fourth-order valence-corrected chi connectivity index (χ4v) is 2.78. The van der Waals surface area contributed by atoms with E-state index in [9.17, 15) is 4.79 Å². The molecule has 124 valence electrons. The molecule has 1 fully saturated rings. The molecule has 1 saturated carbocycles. The third-order valence-corrected chi connectivity index (χ3v) is 5.00. The number of furan rings is 1. The van der Waals surface area contributed by atoms with E-state index in [1.165, 1.54) is 12.8 Å². The molecule has 1 atom stereocenters. The molecule has 0 aliphatic heterocycles. The number of halogens is 2. The van der Waals surface area contributed by atoms with Gasteiger partial charge in [-0.15, -0.1) is 0 Å². The first-order valence-corrected chi connectivity index (χ1v) is 8.97. The molecule has 0 radical (unpaired) electrons. The third kappa shape index (κ3) is 5.93. The Morgan fingerprint density at radius 3 is 2.64 bits per heavy atom. The van der Waals surface area contributed by atoms with E-state index in [1.54, 1.807) is 0 Å². The van der Waals surface area contributed by atoms with Crippen LogP contribution in [0.2, 0.25) is 0 Å². The number of amides is 1. The molecule has 1 heterocycles. The number of carbonyl (C=O) groups is 1. The average molecular weight is 438 g/mol. The van der Waals surface area contributed by atoms with Crippen LogP contribution in [0.1, 0.15) is 39.4 Å². The summed E-state index contributed by atoms with van der Waals surface area (Å²) in [5.41, 5.74) is -0.473. The normalized spacial score (nSPS) is 16.4. The second-order valence-electron chi connectivity index (χ2n) is 6.54. The maximum absolute atomic E-state index is 11.7. The Hall–Kier alpha value is -0.530. The van der Waals surface area contributed by atoms with Gasteiger partial charge in [0.2, 0.25) is 0 Å². The summed E-state index contributed by atoms with van der Waals surface area (Å²) in [6.07, 6.45) is 2.02. The fraction of sp³-hybridized carbons (Fsp3) is 0.667. The Labute approximate surface area is 147 Å². The molecule has 0 saturated heterocycles. The van der Waals surface area contributed by atoms with E-state index < -0.39 is 5.60 Å². The average Bonchev–Trinajstić information content (AvgIpc) is 3.15. The Balaban J connectivity index is 1.79. The highest BCUT2D eigenvalue weighted by Gasteiger charge is 2.31. The number of nitrogens with one attached hydrogen (secondary N) is 2. The zero-order chi connectivity index (χ0) is 16.3. The van der Waals surface area contributed by atoms with Crippen molar-refractivity contribution in [2.75, 3.05) is 6.54 Å². The summed E-state index contributed by atoms with van der Waals surface area (Å²) < 4.78 is 12.4. The zero-order valence-electron chi connectivity index (χ0n) is 13.0. The molecule has 2 N–H and O–H groups in total. The van der Waals surface area contributed by atoms with Crippen molar-refractivity contribution in [3.63, 3.8) is 0 Å². The monoisotopic (exact) mass is 436 g/mol. The van der Waals surface area contributed by atoms with Gasteiger partial charge in [0.15, 0.2) is 4.67 Å². The zero-order valence-corrected chi connectivity index (χ0v) is 16.2. The van der Waals surface area contributed by atoms with Gasteiger partial charge in [0, 0.05) is 12.6 Å². The SMILES string of the molecule is CC(C)(C)OC(=O)NCC(NCc1cc(Br)c(Br)o1)C1CC1. The van der Waals surface area contributed by atoms with Gasteiger partial charge in [-0.05, 0) is 77.5 Å². The van der Waals surface area contributed by atoms with Crippen LogP contribution in [0.4, 0.5) is 4.79 Å². The molecular formula is C15H22Br2N2O3. The molecule has 1 aromatic heterocycles. The van der Waals surface area contributed by atoms with Gasteiger partial charge in [-0.25, -0.2) is 4.79 Å². The van der Waals surface area contributed by atoms with Crippen molar-refractivity contribution in [3.05, 3.63) is 21.0 Å². The van der Waals surface area contributed by atoms with E-state index in [0.29, 0.717) is 23.7 Å². The highest BCUT2D eigenvalue weighted by molar-refractivity contribution is 9.13. The van der Waals surface area contributed by atoms with Crippen molar-refractivity contribution in [2.45, 2.75) is 51.8 Å². The van der Waals surface area contributed by atoms with Gasteiger partial charge in [-0.1, -0.05) is 0 Å². The molecule has 1 aromatic rings. The van der Waals surface area contributed by atoms with E-state index in [2.05, 4.69) is 42.5 Å². The van der Waals surface area contributed by atoms with Crippen molar-refractivity contribution < 1.29 is 13.9 Å². The van der Waals surface area contributed by atoms with Crippen LogP contribution >= 0.6 is 31.9 Å². The molecule has 2 rings (SSSR count). The number of hydrogen-bond acceptors (Lipinski definition) is 4. The van der Waals surface area contributed by atoms with Crippen molar-refractivity contribution in [1.29, 1.82) is 0 Å². The largest absolute Gasteiger partial charge is 0.452 e. The van der Waals surface area contributed by atoms with Gasteiger partial charge in [0.05, 0.1) is 11.0 Å². The lowest BCUT2D eigenvalue weighted by molar-refractivity contribution is 0.0521. The molecule has 0 spiro atoms. The Kier molecular flexibility index (Phi) is 5.96. The van der Waals surface area contributed by atoms with Crippen LogP contribution in [0, 0.1) is 5.92 Å². The molecule has 7 heteroatoms. The summed E-state index contributed by atoms with van der Waals surface area (Å²) >= 11 is 6.73. The standard InChI is InChI=1S/C15H22Br2N2O3/c1-15(2,3)22-14(20)19-8-12(9-4-5-9)18-7-10-6-11(16)13(17)21-10/h6,9,12,18H,4-5,7-8H2,1-3H3,(H,19,20). The molecule has 1 aliphatic rings. The quantitative estimate of drug-likeness (QED) is 0.699. The van der Waals surface area contributed by atoms with Crippen molar-refractivity contribution in [1.82, 2.24) is 10.6 Å². The summed E-state index contributed by atoms with van der Waals surface area (Å²) in [6.45, 7) is 6.76. The fourth-order valence-electron chi connectivity index (χ4n) is 2.12. The topological polar surface area (TPSA) is 63.5 Å².